The second-order valence-electron chi connectivity index (χ2n) is 6.33. The standard InChI is InChI=1S/C21H20ClFN2O2/c1-3-16-13(2)24-20(17-8-5-9-18(22)19(17)26)25(21(16)27)11-10-14-6-4-7-15(23)12-14/h4-9,12,26H,3,10-11H2,1-2H3. The van der Waals surface area contributed by atoms with Gasteiger partial charge in [0.25, 0.3) is 5.56 Å². The summed E-state index contributed by atoms with van der Waals surface area (Å²) >= 11 is 6.04. The van der Waals surface area contributed by atoms with E-state index in [-0.39, 0.29) is 22.1 Å². The van der Waals surface area contributed by atoms with Gasteiger partial charge in [0.1, 0.15) is 17.4 Å². The number of halogens is 2. The van der Waals surface area contributed by atoms with Crippen molar-refractivity contribution in [3.8, 4) is 17.1 Å². The van der Waals surface area contributed by atoms with Crippen molar-refractivity contribution in [2.45, 2.75) is 33.2 Å². The molecule has 140 valence electrons. The molecule has 0 aliphatic carbocycles. The van der Waals surface area contributed by atoms with Gasteiger partial charge in [-0.15, -0.1) is 0 Å². The first-order chi connectivity index (χ1) is 12.9. The van der Waals surface area contributed by atoms with Gasteiger partial charge in [0.15, 0.2) is 0 Å². The Hall–Kier alpha value is -2.66. The zero-order chi connectivity index (χ0) is 19.6. The third-order valence-corrected chi connectivity index (χ3v) is 4.87. The highest BCUT2D eigenvalue weighted by Gasteiger charge is 2.18. The van der Waals surface area contributed by atoms with E-state index < -0.39 is 0 Å². The number of aryl methyl sites for hydroxylation is 2. The van der Waals surface area contributed by atoms with Crippen LogP contribution in [0.15, 0.2) is 47.3 Å². The lowest BCUT2D eigenvalue weighted by Crippen LogP contribution is -2.28. The van der Waals surface area contributed by atoms with Crippen LogP contribution in [0.25, 0.3) is 11.4 Å². The first-order valence-electron chi connectivity index (χ1n) is 8.75. The highest BCUT2D eigenvalue weighted by molar-refractivity contribution is 6.32. The van der Waals surface area contributed by atoms with Crippen LogP contribution in [0.3, 0.4) is 0 Å². The average molecular weight is 387 g/mol. The van der Waals surface area contributed by atoms with Gasteiger partial charge in [0.2, 0.25) is 0 Å². The summed E-state index contributed by atoms with van der Waals surface area (Å²) in [6.45, 7) is 3.99. The highest BCUT2D eigenvalue weighted by Crippen LogP contribution is 2.34. The van der Waals surface area contributed by atoms with Gasteiger partial charge in [-0.1, -0.05) is 36.7 Å². The number of phenolic OH excluding ortho intramolecular Hbond substituents is 1. The molecule has 6 heteroatoms. The molecule has 0 saturated heterocycles. The van der Waals surface area contributed by atoms with E-state index in [1.807, 2.05) is 13.0 Å². The summed E-state index contributed by atoms with van der Waals surface area (Å²) in [5.41, 5.74) is 2.26. The number of phenols is 1. The summed E-state index contributed by atoms with van der Waals surface area (Å²) in [4.78, 5) is 17.6. The quantitative estimate of drug-likeness (QED) is 0.701. The maximum Gasteiger partial charge on any atom is 0.257 e. The van der Waals surface area contributed by atoms with Crippen molar-refractivity contribution in [1.29, 1.82) is 0 Å². The fraction of sp³-hybridized carbons (Fsp3) is 0.238. The number of rotatable bonds is 5. The summed E-state index contributed by atoms with van der Waals surface area (Å²) in [5.74, 6) is -0.0795. The van der Waals surface area contributed by atoms with Crippen molar-refractivity contribution in [3.05, 3.63) is 80.5 Å². The molecule has 0 unspecified atom stereocenters. The van der Waals surface area contributed by atoms with Crippen LogP contribution in [0.2, 0.25) is 5.02 Å². The second kappa shape index (κ2) is 7.92. The van der Waals surface area contributed by atoms with E-state index in [4.69, 9.17) is 11.6 Å². The normalized spacial score (nSPS) is 11.0. The Bertz CT molecular complexity index is 1050. The first kappa shape index (κ1) is 19.1. The van der Waals surface area contributed by atoms with Crippen LogP contribution in [-0.4, -0.2) is 14.7 Å². The molecule has 3 aromatic rings. The van der Waals surface area contributed by atoms with Crippen molar-refractivity contribution < 1.29 is 9.50 Å². The maximum absolute atomic E-state index is 13.5. The molecule has 1 aromatic heterocycles. The Labute approximate surface area is 161 Å². The highest BCUT2D eigenvalue weighted by atomic mass is 35.5. The molecular weight excluding hydrogens is 367 g/mol. The molecule has 1 N–H and O–H groups in total. The van der Waals surface area contributed by atoms with E-state index in [1.165, 1.54) is 16.7 Å². The predicted octanol–water partition coefficient (Wildman–Crippen LogP) is 4.52. The SMILES string of the molecule is CCc1c(C)nc(-c2cccc(Cl)c2O)n(CCc2cccc(F)c2)c1=O. The Kier molecular flexibility index (Phi) is 5.61. The Morgan fingerprint density at radius 3 is 2.67 bits per heavy atom. The van der Waals surface area contributed by atoms with Crippen molar-refractivity contribution in [2.24, 2.45) is 0 Å². The molecule has 4 nitrogen and oxygen atoms in total. The molecular formula is C21H20ClFN2O2. The molecule has 0 amide bonds. The maximum atomic E-state index is 13.5. The van der Waals surface area contributed by atoms with Crippen molar-refractivity contribution in [3.63, 3.8) is 0 Å². The molecule has 0 fully saturated rings. The molecule has 0 aliphatic rings. The topological polar surface area (TPSA) is 55.1 Å². The third kappa shape index (κ3) is 3.88. The number of aromatic nitrogens is 2. The fourth-order valence-electron chi connectivity index (χ4n) is 3.15. The van der Waals surface area contributed by atoms with Crippen molar-refractivity contribution >= 4 is 11.6 Å². The summed E-state index contributed by atoms with van der Waals surface area (Å²) in [7, 11) is 0. The smallest absolute Gasteiger partial charge is 0.257 e. The van der Waals surface area contributed by atoms with Crippen LogP contribution in [-0.2, 0) is 19.4 Å². The predicted molar refractivity (Wildman–Crippen MR) is 105 cm³/mol. The lowest BCUT2D eigenvalue weighted by molar-refractivity contribution is 0.476. The molecule has 1 heterocycles. The van der Waals surface area contributed by atoms with Gasteiger partial charge >= 0.3 is 0 Å². The minimum Gasteiger partial charge on any atom is -0.506 e. The summed E-state index contributed by atoms with van der Waals surface area (Å²) < 4.78 is 15.0. The van der Waals surface area contributed by atoms with Gasteiger partial charge in [-0.2, -0.15) is 0 Å². The van der Waals surface area contributed by atoms with Crippen LogP contribution >= 0.6 is 11.6 Å². The lowest BCUT2D eigenvalue weighted by Gasteiger charge is -2.16. The number of aromatic hydroxyl groups is 1. The first-order valence-corrected chi connectivity index (χ1v) is 9.12. The number of para-hydroxylation sites is 1. The van der Waals surface area contributed by atoms with Crippen LogP contribution in [0.1, 0.15) is 23.7 Å². The van der Waals surface area contributed by atoms with Gasteiger partial charge in [0, 0.05) is 17.8 Å². The van der Waals surface area contributed by atoms with Gasteiger partial charge in [-0.25, -0.2) is 9.37 Å². The van der Waals surface area contributed by atoms with Gasteiger partial charge < -0.3 is 5.11 Å². The molecule has 2 aromatic carbocycles. The van der Waals surface area contributed by atoms with Crippen LogP contribution in [0.5, 0.6) is 5.75 Å². The fourth-order valence-corrected chi connectivity index (χ4v) is 3.32. The molecule has 0 atom stereocenters. The number of hydrogen-bond acceptors (Lipinski definition) is 3. The van der Waals surface area contributed by atoms with Gasteiger partial charge in [-0.3, -0.25) is 9.36 Å². The minimum absolute atomic E-state index is 0.116. The Morgan fingerprint density at radius 1 is 1.22 bits per heavy atom. The minimum atomic E-state index is -0.316. The van der Waals surface area contributed by atoms with Crippen LogP contribution < -0.4 is 5.56 Å². The van der Waals surface area contributed by atoms with Gasteiger partial charge in [0.05, 0.1) is 10.6 Å². The molecule has 0 aliphatic heterocycles. The molecule has 0 radical (unpaired) electrons. The van der Waals surface area contributed by atoms with E-state index in [0.29, 0.717) is 42.0 Å². The Morgan fingerprint density at radius 2 is 1.96 bits per heavy atom. The summed E-state index contributed by atoms with van der Waals surface area (Å²) in [6.07, 6.45) is 1.01. The average Bonchev–Trinajstić information content (AvgIpc) is 2.63. The summed E-state index contributed by atoms with van der Waals surface area (Å²) in [5, 5.41) is 10.6. The van der Waals surface area contributed by atoms with Crippen molar-refractivity contribution in [1.82, 2.24) is 9.55 Å². The van der Waals surface area contributed by atoms with E-state index in [0.717, 1.165) is 5.56 Å². The largest absolute Gasteiger partial charge is 0.506 e. The molecule has 27 heavy (non-hydrogen) atoms. The van der Waals surface area contributed by atoms with E-state index in [2.05, 4.69) is 4.98 Å². The molecule has 3 rings (SSSR count). The number of nitrogens with zero attached hydrogens (tertiary/aromatic N) is 2. The molecule has 0 bridgehead atoms. The Balaban J connectivity index is 2.12. The van der Waals surface area contributed by atoms with Crippen molar-refractivity contribution in [2.75, 3.05) is 0 Å². The third-order valence-electron chi connectivity index (χ3n) is 4.56. The zero-order valence-corrected chi connectivity index (χ0v) is 15.9. The number of benzene rings is 2. The van der Waals surface area contributed by atoms with Gasteiger partial charge in [-0.05, 0) is 49.6 Å². The molecule has 0 spiro atoms. The second-order valence-corrected chi connectivity index (χ2v) is 6.73. The summed E-state index contributed by atoms with van der Waals surface area (Å²) in [6, 6.07) is 11.2. The number of hydrogen-bond donors (Lipinski definition) is 1. The zero-order valence-electron chi connectivity index (χ0n) is 15.2. The van der Waals surface area contributed by atoms with Crippen LogP contribution in [0.4, 0.5) is 4.39 Å². The monoisotopic (exact) mass is 386 g/mol. The van der Waals surface area contributed by atoms with Crippen LogP contribution in [0, 0.1) is 12.7 Å². The molecule has 0 saturated carbocycles. The van der Waals surface area contributed by atoms with E-state index in [1.54, 1.807) is 31.2 Å². The lowest BCUT2D eigenvalue weighted by atomic mass is 10.1. The van der Waals surface area contributed by atoms with E-state index in [9.17, 15) is 14.3 Å². The van der Waals surface area contributed by atoms with E-state index >= 15 is 0 Å².